The number of oxime groups is 1. The van der Waals surface area contributed by atoms with Gasteiger partial charge in [0.1, 0.15) is 12.4 Å². The largest absolute Gasteiger partial charge is 0.396 e. The zero-order valence-electron chi connectivity index (χ0n) is 10.1. The van der Waals surface area contributed by atoms with E-state index >= 15 is 0 Å². The highest BCUT2D eigenvalue weighted by Crippen LogP contribution is 2.23. The van der Waals surface area contributed by atoms with Gasteiger partial charge in [-0.25, -0.2) is 4.39 Å². The van der Waals surface area contributed by atoms with Crippen LogP contribution in [0, 0.1) is 5.82 Å². The highest BCUT2D eigenvalue weighted by molar-refractivity contribution is 5.90. The van der Waals surface area contributed by atoms with Gasteiger partial charge in [-0.1, -0.05) is 41.6 Å². The molecule has 0 heterocycles. The summed E-state index contributed by atoms with van der Waals surface area (Å²) in [7, 11) is 0. The summed E-state index contributed by atoms with van der Waals surface area (Å²) in [5.41, 5.74) is 2.66. The second-order valence-electron chi connectivity index (χ2n) is 3.75. The van der Waals surface area contributed by atoms with Gasteiger partial charge in [0.2, 0.25) is 0 Å². The Morgan fingerprint density at radius 2 is 2.00 bits per heavy atom. The molecule has 2 aromatic rings. The summed E-state index contributed by atoms with van der Waals surface area (Å²) in [6, 6.07) is 14.2. The average molecular weight is 243 g/mol. The van der Waals surface area contributed by atoms with E-state index < -0.39 is 0 Å². The molecule has 18 heavy (non-hydrogen) atoms. The van der Waals surface area contributed by atoms with E-state index in [2.05, 4.69) is 5.16 Å². The summed E-state index contributed by atoms with van der Waals surface area (Å²) in [4.78, 5) is 4.95. The number of hydrogen-bond acceptors (Lipinski definition) is 2. The fourth-order valence-electron chi connectivity index (χ4n) is 1.70. The van der Waals surface area contributed by atoms with Crippen LogP contribution in [0.2, 0.25) is 0 Å². The molecule has 0 saturated heterocycles. The fourth-order valence-corrected chi connectivity index (χ4v) is 1.70. The molecule has 0 radical (unpaired) electrons. The van der Waals surface area contributed by atoms with Crippen LogP contribution >= 0.6 is 0 Å². The van der Waals surface area contributed by atoms with Gasteiger partial charge in [0, 0.05) is 5.56 Å². The number of hydrogen-bond donors (Lipinski definition) is 0. The van der Waals surface area contributed by atoms with Crippen LogP contribution in [0.15, 0.2) is 53.7 Å². The van der Waals surface area contributed by atoms with Crippen LogP contribution in [0.5, 0.6) is 0 Å². The Kier molecular flexibility index (Phi) is 4.07. The van der Waals surface area contributed by atoms with Crippen molar-refractivity contribution in [1.29, 1.82) is 0 Å². The molecular weight excluding hydrogens is 229 g/mol. The summed E-state index contributed by atoms with van der Waals surface area (Å²) >= 11 is 0. The number of halogens is 1. The minimum Gasteiger partial charge on any atom is -0.396 e. The van der Waals surface area contributed by atoms with E-state index in [0.29, 0.717) is 6.61 Å². The normalized spacial score (nSPS) is 10.8. The van der Waals surface area contributed by atoms with Crippen molar-refractivity contribution in [2.45, 2.75) is 6.92 Å². The lowest BCUT2D eigenvalue weighted by molar-refractivity contribution is 0.160. The minimum absolute atomic E-state index is 0.246. The van der Waals surface area contributed by atoms with Crippen molar-refractivity contribution in [2.24, 2.45) is 5.16 Å². The molecule has 0 atom stereocenters. The first kappa shape index (κ1) is 12.3. The maximum Gasteiger partial charge on any atom is 0.123 e. The molecule has 0 fully saturated rings. The number of benzene rings is 2. The van der Waals surface area contributed by atoms with Gasteiger partial charge >= 0.3 is 0 Å². The zero-order valence-corrected chi connectivity index (χ0v) is 10.1. The van der Waals surface area contributed by atoms with Gasteiger partial charge < -0.3 is 4.84 Å². The van der Waals surface area contributed by atoms with E-state index in [1.807, 2.05) is 37.3 Å². The predicted molar refractivity (Wildman–Crippen MR) is 71.1 cm³/mol. The molecule has 0 aromatic heterocycles. The Bertz CT molecular complexity index is 552. The quantitative estimate of drug-likeness (QED) is 0.590. The van der Waals surface area contributed by atoms with Crippen LogP contribution in [0.4, 0.5) is 4.39 Å². The Morgan fingerprint density at radius 3 is 2.78 bits per heavy atom. The van der Waals surface area contributed by atoms with Crippen LogP contribution in [-0.4, -0.2) is 12.8 Å². The highest BCUT2D eigenvalue weighted by atomic mass is 19.1. The van der Waals surface area contributed by atoms with Gasteiger partial charge in [-0.2, -0.15) is 0 Å². The Balaban J connectivity index is 2.38. The average Bonchev–Trinajstić information content (AvgIpc) is 2.40. The summed E-state index contributed by atoms with van der Waals surface area (Å²) in [5.74, 6) is -0.246. The fraction of sp³-hybridized carbons (Fsp3) is 0.133. The third-order valence-electron chi connectivity index (χ3n) is 2.49. The summed E-state index contributed by atoms with van der Waals surface area (Å²) in [5, 5.41) is 3.85. The van der Waals surface area contributed by atoms with Crippen molar-refractivity contribution in [1.82, 2.24) is 0 Å². The maximum atomic E-state index is 13.2. The van der Waals surface area contributed by atoms with Crippen molar-refractivity contribution in [3.63, 3.8) is 0 Å². The van der Waals surface area contributed by atoms with E-state index in [0.717, 1.165) is 16.7 Å². The van der Waals surface area contributed by atoms with Gasteiger partial charge in [0.05, 0.1) is 6.21 Å². The van der Waals surface area contributed by atoms with Gasteiger partial charge in [0.25, 0.3) is 0 Å². The van der Waals surface area contributed by atoms with Crippen LogP contribution in [0.3, 0.4) is 0 Å². The topological polar surface area (TPSA) is 21.6 Å². The lowest BCUT2D eigenvalue weighted by Crippen LogP contribution is -1.90. The highest BCUT2D eigenvalue weighted by Gasteiger charge is 2.03. The zero-order chi connectivity index (χ0) is 12.8. The number of rotatable bonds is 4. The van der Waals surface area contributed by atoms with Crippen molar-refractivity contribution in [3.05, 3.63) is 59.9 Å². The van der Waals surface area contributed by atoms with Crippen LogP contribution in [-0.2, 0) is 4.84 Å². The molecule has 0 saturated carbocycles. The second-order valence-corrected chi connectivity index (χ2v) is 3.75. The molecule has 0 amide bonds. The number of nitrogens with zero attached hydrogens (tertiary/aromatic N) is 1. The van der Waals surface area contributed by atoms with Crippen molar-refractivity contribution in [2.75, 3.05) is 6.61 Å². The summed E-state index contributed by atoms with van der Waals surface area (Å²) in [6.07, 6.45) is 1.64. The molecule has 0 spiro atoms. The van der Waals surface area contributed by atoms with Crippen LogP contribution < -0.4 is 0 Å². The second kappa shape index (κ2) is 5.96. The molecule has 2 nitrogen and oxygen atoms in total. The molecule has 0 unspecified atom stereocenters. The lowest BCUT2D eigenvalue weighted by atomic mass is 10.0. The van der Waals surface area contributed by atoms with Gasteiger partial charge in [0.15, 0.2) is 0 Å². The summed E-state index contributed by atoms with van der Waals surface area (Å²) < 4.78 is 13.2. The molecule has 0 N–H and O–H groups in total. The van der Waals surface area contributed by atoms with E-state index in [1.54, 1.807) is 12.3 Å². The molecule has 0 aliphatic rings. The molecule has 3 heteroatoms. The van der Waals surface area contributed by atoms with Crippen LogP contribution in [0.1, 0.15) is 12.5 Å². The third kappa shape index (κ3) is 2.94. The van der Waals surface area contributed by atoms with Crippen LogP contribution in [0.25, 0.3) is 11.1 Å². The smallest absolute Gasteiger partial charge is 0.123 e. The standard InChI is InChI=1S/C15H14FNO/c1-2-18-17-11-13-6-3-4-9-15(13)12-7-5-8-14(16)10-12/h3-11H,2H2,1H3/b17-11+. The Hall–Kier alpha value is -2.16. The van der Waals surface area contributed by atoms with Gasteiger partial charge in [-0.05, 0) is 30.2 Å². The molecule has 2 rings (SSSR count). The molecular formula is C15H14FNO. The molecule has 0 aliphatic carbocycles. The Labute approximate surface area is 106 Å². The molecule has 2 aromatic carbocycles. The first-order valence-electron chi connectivity index (χ1n) is 5.81. The third-order valence-corrected chi connectivity index (χ3v) is 2.49. The van der Waals surface area contributed by atoms with E-state index in [1.165, 1.54) is 12.1 Å². The maximum absolute atomic E-state index is 13.2. The van der Waals surface area contributed by atoms with Crippen molar-refractivity contribution < 1.29 is 9.23 Å². The molecule has 92 valence electrons. The van der Waals surface area contributed by atoms with Gasteiger partial charge in [-0.3, -0.25) is 0 Å². The SMILES string of the molecule is CCO/N=C/c1ccccc1-c1cccc(F)c1. The van der Waals surface area contributed by atoms with Crippen molar-refractivity contribution in [3.8, 4) is 11.1 Å². The minimum atomic E-state index is -0.246. The first-order valence-corrected chi connectivity index (χ1v) is 5.81. The van der Waals surface area contributed by atoms with E-state index in [9.17, 15) is 4.39 Å². The van der Waals surface area contributed by atoms with Crippen molar-refractivity contribution >= 4 is 6.21 Å². The molecule has 0 aliphatic heterocycles. The van der Waals surface area contributed by atoms with Gasteiger partial charge in [-0.15, -0.1) is 0 Å². The first-order chi connectivity index (χ1) is 8.81. The molecule has 0 bridgehead atoms. The Morgan fingerprint density at radius 1 is 1.17 bits per heavy atom. The summed E-state index contributed by atoms with van der Waals surface area (Å²) in [6.45, 7) is 2.40. The monoisotopic (exact) mass is 243 g/mol. The lowest BCUT2D eigenvalue weighted by Gasteiger charge is -2.05. The predicted octanol–water partition coefficient (Wildman–Crippen LogP) is 3.86. The van der Waals surface area contributed by atoms with E-state index in [4.69, 9.17) is 4.84 Å². The van der Waals surface area contributed by atoms with E-state index in [-0.39, 0.29) is 5.82 Å².